The Hall–Kier alpha value is -3.69. The summed E-state index contributed by atoms with van der Waals surface area (Å²) in [6.07, 6.45) is 0.181. The highest BCUT2D eigenvalue weighted by Crippen LogP contribution is 2.29. The van der Waals surface area contributed by atoms with Gasteiger partial charge in [-0.15, -0.1) is 0 Å². The minimum absolute atomic E-state index is 0.213. The van der Waals surface area contributed by atoms with Gasteiger partial charge in [0.25, 0.3) is 0 Å². The standard InChI is InChI=1S/C25H26F3N3O4/c1-24(2,3)35-23(34)20-12-17-10-11-31(15-18(17)13-29-20)22(33)14-30-21(32)9-6-16-4-7-19(8-5-16)25(26,27)28/h4-9,12-13H,10-11,14-15H2,1-3H3,(H,30,32)/b9-6+. The number of carbonyl (C=O) groups is 3. The van der Waals surface area contributed by atoms with Gasteiger partial charge in [-0.25, -0.2) is 9.78 Å². The third-order valence-electron chi connectivity index (χ3n) is 5.13. The second-order valence-corrected chi connectivity index (χ2v) is 9.08. The number of aromatic nitrogens is 1. The van der Waals surface area contributed by atoms with Crippen LogP contribution in [-0.4, -0.2) is 46.4 Å². The number of alkyl halides is 3. The van der Waals surface area contributed by atoms with E-state index in [0.717, 1.165) is 29.3 Å². The number of nitrogens with zero attached hydrogens (tertiary/aromatic N) is 2. The summed E-state index contributed by atoms with van der Waals surface area (Å²) in [6, 6.07) is 6.05. The number of amides is 2. The molecule has 0 bridgehead atoms. The highest BCUT2D eigenvalue weighted by Gasteiger charge is 2.30. The molecule has 2 heterocycles. The molecule has 0 unspecified atom stereocenters. The Morgan fingerprint density at radius 1 is 1.11 bits per heavy atom. The zero-order chi connectivity index (χ0) is 25.8. The van der Waals surface area contributed by atoms with Gasteiger partial charge >= 0.3 is 12.1 Å². The molecule has 0 aliphatic carbocycles. The van der Waals surface area contributed by atoms with Crippen molar-refractivity contribution in [3.63, 3.8) is 0 Å². The van der Waals surface area contributed by atoms with Crippen molar-refractivity contribution in [2.75, 3.05) is 13.1 Å². The number of hydrogen-bond donors (Lipinski definition) is 1. The normalized spacial score (nSPS) is 13.9. The van der Waals surface area contributed by atoms with Crippen LogP contribution in [0, 0.1) is 0 Å². The number of nitrogens with one attached hydrogen (secondary N) is 1. The van der Waals surface area contributed by atoms with E-state index in [-0.39, 0.29) is 18.1 Å². The summed E-state index contributed by atoms with van der Waals surface area (Å²) in [4.78, 5) is 42.5. The number of hydrogen-bond acceptors (Lipinski definition) is 5. The zero-order valence-electron chi connectivity index (χ0n) is 19.6. The summed E-state index contributed by atoms with van der Waals surface area (Å²) in [7, 11) is 0. The molecule has 1 N–H and O–H groups in total. The molecule has 1 aliphatic heterocycles. The molecule has 1 aromatic carbocycles. The number of carbonyl (C=O) groups excluding carboxylic acids is 3. The lowest BCUT2D eigenvalue weighted by atomic mass is 10.0. The van der Waals surface area contributed by atoms with Crippen molar-refractivity contribution in [1.82, 2.24) is 15.2 Å². The highest BCUT2D eigenvalue weighted by molar-refractivity contribution is 5.94. The first-order valence-electron chi connectivity index (χ1n) is 10.9. The molecule has 2 amide bonds. The van der Waals surface area contributed by atoms with Crippen molar-refractivity contribution in [2.24, 2.45) is 0 Å². The Bertz CT molecular complexity index is 1140. The fourth-order valence-corrected chi connectivity index (χ4v) is 3.38. The largest absolute Gasteiger partial charge is 0.455 e. The fourth-order valence-electron chi connectivity index (χ4n) is 3.38. The third kappa shape index (κ3) is 7.40. The van der Waals surface area contributed by atoms with Crippen LogP contribution in [0.25, 0.3) is 6.08 Å². The minimum atomic E-state index is -4.43. The topological polar surface area (TPSA) is 88.6 Å². The molecule has 0 saturated heterocycles. The van der Waals surface area contributed by atoms with Gasteiger partial charge in [0.2, 0.25) is 11.8 Å². The number of fused-ring (bicyclic) bond motifs is 1. The maximum atomic E-state index is 12.6. The van der Waals surface area contributed by atoms with Crippen molar-refractivity contribution in [2.45, 2.75) is 45.5 Å². The molecule has 7 nitrogen and oxygen atoms in total. The van der Waals surface area contributed by atoms with Gasteiger partial charge in [-0.3, -0.25) is 9.59 Å². The van der Waals surface area contributed by atoms with E-state index >= 15 is 0 Å². The van der Waals surface area contributed by atoms with Crippen LogP contribution in [0.3, 0.4) is 0 Å². The summed E-state index contributed by atoms with van der Waals surface area (Å²) in [5.41, 5.74) is 0.953. The first kappa shape index (κ1) is 25.9. The molecular formula is C25H26F3N3O4. The van der Waals surface area contributed by atoms with Gasteiger partial charge in [-0.2, -0.15) is 13.2 Å². The smallest absolute Gasteiger partial charge is 0.416 e. The van der Waals surface area contributed by atoms with E-state index in [0.29, 0.717) is 25.1 Å². The van der Waals surface area contributed by atoms with E-state index in [1.54, 1.807) is 37.9 Å². The maximum absolute atomic E-state index is 12.6. The van der Waals surface area contributed by atoms with Crippen LogP contribution in [0.5, 0.6) is 0 Å². The summed E-state index contributed by atoms with van der Waals surface area (Å²) in [6.45, 7) is 5.81. The van der Waals surface area contributed by atoms with Gasteiger partial charge in [0.1, 0.15) is 11.3 Å². The van der Waals surface area contributed by atoms with Gasteiger partial charge in [-0.05, 0) is 68.2 Å². The summed E-state index contributed by atoms with van der Waals surface area (Å²) < 4.78 is 43.2. The molecule has 10 heteroatoms. The van der Waals surface area contributed by atoms with Crippen molar-refractivity contribution >= 4 is 23.9 Å². The fraction of sp³-hybridized carbons (Fsp3) is 0.360. The van der Waals surface area contributed by atoms with E-state index in [4.69, 9.17) is 4.74 Å². The molecular weight excluding hydrogens is 463 g/mol. The second kappa shape index (κ2) is 10.3. The number of rotatable bonds is 5. The summed E-state index contributed by atoms with van der Waals surface area (Å²) in [5, 5.41) is 2.48. The van der Waals surface area contributed by atoms with E-state index in [2.05, 4.69) is 10.3 Å². The quantitative estimate of drug-likeness (QED) is 0.510. The molecule has 0 saturated carbocycles. The van der Waals surface area contributed by atoms with Crippen LogP contribution in [0.1, 0.15) is 53.5 Å². The molecule has 0 spiro atoms. The number of pyridine rings is 1. The molecule has 1 aromatic heterocycles. The Morgan fingerprint density at radius 2 is 1.80 bits per heavy atom. The monoisotopic (exact) mass is 489 g/mol. The summed E-state index contributed by atoms with van der Waals surface area (Å²) >= 11 is 0. The van der Waals surface area contributed by atoms with E-state index < -0.39 is 29.2 Å². The summed E-state index contributed by atoms with van der Waals surface area (Å²) in [5.74, 6) is -1.34. The van der Waals surface area contributed by atoms with Gasteiger partial charge in [0.05, 0.1) is 12.1 Å². The number of ether oxygens (including phenoxy) is 1. The molecule has 1 aliphatic rings. The average molecular weight is 489 g/mol. The lowest BCUT2D eigenvalue weighted by Gasteiger charge is -2.29. The predicted octanol–water partition coefficient (Wildman–Crippen LogP) is 3.77. The van der Waals surface area contributed by atoms with Gasteiger partial charge in [0, 0.05) is 25.4 Å². The lowest BCUT2D eigenvalue weighted by Crippen LogP contribution is -2.42. The van der Waals surface area contributed by atoms with Crippen LogP contribution < -0.4 is 5.32 Å². The van der Waals surface area contributed by atoms with Crippen LogP contribution in [0.2, 0.25) is 0 Å². The zero-order valence-corrected chi connectivity index (χ0v) is 19.6. The van der Waals surface area contributed by atoms with Gasteiger partial charge in [0.15, 0.2) is 0 Å². The molecule has 3 rings (SSSR count). The van der Waals surface area contributed by atoms with E-state index in [1.807, 2.05) is 0 Å². The molecule has 186 valence electrons. The highest BCUT2D eigenvalue weighted by atomic mass is 19.4. The number of halogens is 3. The van der Waals surface area contributed by atoms with Crippen LogP contribution in [0.4, 0.5) is 13.2 Å². The molecule has 0 radical (unpaired) electrons. The molecule has 2 aromatic rings. The van der Waals surface area contributed by atoms with Crippen molar-refractivity contribution < 1.29 is 32.3 Å². The van der Waals surface area contributed by atoms with Crippen molar-refractivity contribution in [3.05, 3.63) is 70.6 Å². The Labute approximate surface area is 201 Å². The predicted molar refractivity (Wildman–Crippen MR) is 122 cm³/mol. The third-order valence-corrected chi connectivity index (χ3v) is 5.13. The number of esters is 1. The molecule has 0 fully saturated rings. The van der Waals surface area contributed by atoms with Crippen molar-refractivity contribution in [1.29, 1.82) is 0 Å². The second-order valence-electron chi connectivity index (χ2n) is 9.08. The Balaban J connectivity index is 1.51. The SMILES string of the molecule is CC(C)(C)OC(=O)c1cc2c(cn1)CN(C(=O)CNC(=O)/C=C/c1ccc(C(F)(F)F)cc1)CC2. The molecule has 35 heavy (non-hydrogen) atoms. The number of benzene rings is 1. The average Bonchev–Trinajstić information content (AvgIpc) is 2.79. The lowest BCUT2D eigenvalue weighted by molar-refractivity contribution is -0.137. The van der Waals surface area contributed by atoms with Crippen LogP contribution in [-0.2, 0) is 33.5 Å². The first-order chi connectivity index (χ1) is 16.3. The van der Waals surface area contributed by atoms with Crippen LogP contribution in [0.15, 0.2) is 42.6 Å². The van der Waals surface area contributed by atoms with Gasteiger partial charge < -0.3 is 15.0 Å². The first-order valence-corrected chi connectivity index (χ1v) is 10.9. The Kier molecular flexibility index (Phi) is 7.62. The van der Waals surface area contributed by atoms with E-state index in [1.165, 1.54) is 18.2 Å². The van der Waals surface area contributed by atoms with Crippen molar-refractivity contribution in [3.8, 4) is 0 Å². The van der Waals surface area contributed by atoms with Gasteiger partial charge in [-0.1, -0.05) is 12.1 Å². The van der Waals surface area contributed by atoms with E-state index in [9.17, 15) is 27.6 Å². The Morgan fingerprint density at radius 3 is 2.43 bits per heavy atom. The van der Waals surface area contributed by atoms with Crippen LogP contribution >= 0.6 is 0 Å². The maximum Gasteiger partial charge on any atom is 0.416 e. The minimum Gasteiger partial charge on any atom is -0.455 e. The molecule has 0 atom stereocenters.